The van der Waals surface area contributed by atoms with Crippen LogP contribution in [0.1, 0.15) is 36.5 Å². The molecule has 1 aromatic carbocycles. The van der Waals surface area contributed by atoms with Crippen LogP contribution in [-0.2, 0) is 0 Å². The molecule has 15 heavy (non-hydrogen) atoms. The van der Waals surface area contributed by atoms with Gasteiger partial charge in [0.25, 0.3) is 0 Å². The van der Waals surface area contributed by atoms with Crippen LogP contribution in [0.2, 0.25) is 0 Å². The highest BCUT2D eigenvalue weighted by molar-refractivity contribution is 9.10. The topological polar surface area (TPSA) is 26.3 Å². The maximum absolute atomic E-state index is 11.8. The average molecular weight is 269 g/mol. The number of fused-ring (bicyclic) bond motifs is 1. The summed E-state index contributed by atoms with van der Waals surface area (Å²) in [4.78, 5) is 11.8. The molecular formula is C12H13BrO2. The summed E-state index contributed by atoms with van der Waals surface area (Å²) >= 11 is 3.36. The minimum absolute atomic E-state index is 0.0659. The van der Waals surface area contributed by atoms with Gasteiger partial charge in [-0.05, 0) is 24.6 Å². The number of rotatable bonds is 2. The lowest BCUT2D eigenvalue weighted by Gasteiger charge is -2.24. The Bertz CT molecular complexity index is 387. The van der Waals surface area contributed by atoms with Crippen LogP contribution in [0.4, 0.5) is 0 Å². The molecule has 0 amide bonds. The SMILES string of the molecule is CCC[C@@H]1CC(=O)c2cc(Br)ccc2O1. The van der Waals surface area contributed by atoms with Crippen LogP contribution in [0, 0.1) is 0 Å². The normalized spacial score (nSPS) is 19.6. The summed E-state index contributed by atoms with van der Waals surface area (Å²) in [7, 11) is 0. The quantitative estimate of drug-likeness (QED) is 0.820. The maximum Gasteiger partial charge on any atom is 0.170 e. The van der Waals surface area contributed by atoms with Gasteiger partial charge < -0.3 is 4.74 Å². The molecule has 0 aliphatic carbocycles. The smallest absolute Gasteiger partial charge is 0.170 e. The predicted molar refractivity (Wildman–Crippen MR) is 62.4 cm³/mol. The molecule has 2 nitrogen and oxygen atoms in total. The number of halogens is 1. The first-order chi connectivity index (χ1) is 7.20. The zero-order valence-electron chi connectivity index (χ0n) is 8.63. The number of hydrogen-bond acceptors (Lipinski definition) is 2. The molecule has 1 heterocycles. The Balaban J connectivity index is 2.28. The largest absolute Gasteiger partial charge is 0.489 e. The number of carbonyl (C=O) groups excluding carboxylic acids is 1. The second-order valence-electron chi connectivity index (χ2n) is 3.80. The van der Waals surface area contributed by atoms with Crippen LogP contribution >= 0.6 is 15.9 Å². The van der Waals surface area contributed by atoms with Crippen molar-refractivity contribution in [2.24, 2.45) is 0 Å². The molecule has 1 aliphatic heterocycles. The molecule has 0 saturated heterocycles. The molecule has 0 aromatic heterocycles. The van der Waals surface area contributed by atoms with Crippen LogP contribution in [0.15, 0.2) is 22.7 Å². The first-order valence-electron chi connectivity index (χ1n) is 5.20. The van der Waals surface area contributed by atoms with Crippen molar-refractivity contribution >= 4 is 21.7 Å². The highest BCUT2D eigenvalue weighted by Crippen LogP contribution is 2.31. The Morgan fingerprint density at radius 1 is 1.53 bits per heavy atom. The zero-order chi connectivity index (χ0) is 10.8. The Kier molecular flexibility index (Phi) is 3.10. The molecule has 0 radical (unpaired) electrons. The van der Waals surface area contributed by atoms with Gasteiger partial charge in [-0.1, -0.05) is 29.3 Å². The van der Waals surface area contributed by atoms with E-state index in [1.807, 2.05) is 18.2 Å². The third-order valence-corrected chi connectivity index (χ3v) is 3.05. The van der Waals surface area contributed by atoms with E-state index in [-0.39, 0.29) is 11.9 Å². The van der Waals surface area contributed by atoms with Gasteiger partial charge in [0.05, 0.1) is 5.56 Å². The summed E-state index contributed by atoms with van der Waals surface area (Å²) in [5, 5.41) is 0. The summed E-state index contributed by atoms with van der Waals surface area (Å²) in [5.74, 6) is 0.920. The van der Waals surface area contributed by atoms with Gasteiger partial charge >= 0.3 is 0 Å². The van der Waals surface area contributed by atoms with Gasteiger partial charge in [-0.3, -0.25) is 4.79 Å². The summed E-state index contributed by atoms with van der Waals surface area (Å²) < 4.78 is 6.68. The fraction of sp³-hybridized carbons (Fsp3) is 0.417. The van der Waals surface area contributed by atoms with Crippen LogP contribution in [0.25, 0.3) is 0 Å². The molecule has 0 unspecified atom stereocenters. The molecule has 80 valence electrons. The van der Waals surface area contributed by atoms with E-state index in [0.29, 0.717) is 12.0 Å². The van der Waals surface area contributed by atoms with E-state index < -0.39 is 0 Å². The summed E-state index contributed by atoms with van der Waals surface area (Å²) in [6.45, 7) is 2.10. The Morgan fingerprint density at radius 2 is 2.33 bits per heavy atom. The Morgan fingerprint density at radius 3 is 3.07 bits per heavy atom. The summed E-state index contributed by atoms with van der Waals surface area (Å²) in [5.41, 5.74) is 0.705. The molecule has 0 spiro atoms. The predicted octanol–water partition coefficient (Wildman–Crippen LogP) is 3.58. The second-order valence-corrected chi connectivity index (χ2v) is 4.71. The molecule has 1 aliphatic rings. The molecule has 0 N–H and O–H groups in total. The second kappa shape index (κ2) is 4.35. The highest BCUT2D eigenvalue weighted by atomic mass is 79.9. The molecule has 3 heteroatoms. The Labute approximate surface area is 97.8 Å². The molecule has 0 saturated carbocycles. The van der Waals surface area contributed by atoms with Crippen LogP contribution < -0.4 is 4.74 Å². The van der Waals surface area contributed by atoms with E-state index in [1.54, 1.807) is 0 Å². The van der Waals surface area contributed by atoms with Crippen molar-refractivity contribution in [3.63, 3.8) is 0 Å². The third-order valence-electron chi connectivity index (χ3n) is 2.56. The molecule has 0 fully saturated rings. The van der Waals surface area contributed by atoms with E-state index >= 15 is 0 Å². The number of benzene rings is 1. The lowest BCUT2D eigenvalue weighted by molar-refractivity contribution is 0.0838. The third kappa shape index (κ3) is 2.23. The van der Waals surface area contributed by atoms with Crippen molar-refractivity contribution in [3.8, 4) is 5.75 Å². The van der Waals surface area contributed by atoms with Gasteiger partial charge in [0, 0.05) is 10.9 Å². The van der Waals surface area contributed by atoms with Crippen molar-refractivity contribution in [1.29, 1.82) is 0 Å². The Hall–Kier alpha value is -0.830. The number of Topliss-reactive ketones (excluding diaryl/α,β-unsaturated/α-hetero) is 1. The first-order valence-corrected chi connectivity index (χ1v) is 5.99. The van der Waals surface area contributed by atoms with E-state index in [1.165, 1.54) is 0 Å². The molecular weight excluding hydrogens is 256 g/mol. The summed E-state index contributed by atoms with van der Waals surface area (Å²) in [6, 6.07) is 5.60. The van der Waals surface area contributed by atoms with Crippen molar-refractivity contribution in [2.75, 3.05) is 0 Å². The lowest BCUT2D eigenvalue weighted by Crippen LogP contribution is -2.26. The highest BCUT2D eigenvalue weighted by Gasteiger charge is 2.25. The van der Waals surface area contributed by atoms with Crippen molar-refractivity contribution in [2.45, 2.75) is 32.3 Å². The lowest BCUT2D eigenvalue weighted by atomic mass is 9.98. The van der Waals surface area contributed by atoms with Gasteiger partial charge in [-0.15, -0.1) is 0 Å². The van der Waals surface area contributed by atoms with Crippen LogP contribution in [-0.4, -0.2) is 11.9 Å². The van der Waals surface area contributed by atoms with Gasteiger partial charge in [-0.25, -0.2) is 0 Å². The number of carbonyl (C=O) groups is 1. The van der Waals surface area contributed by atoms with Gasteiger partial charge in [-0.2, -0.15) is 0 Å². The minimum atomic E-state index is 0.0659. The van der Waals surface area contributed by atoms with E-state index in [9.17, 15) is 4.79 Å². The molecule has 1 atom stereocenters. The van der Waals surface area contributed by atoms with Crippen molar-refractivity contribution in [1.82, 2.24) is 0 Å². The zero-order valence-corrected chi connectivity index (χ0v) is 10.2. The number of ether oxygens (including phenoxy) is 1. The standard InChI is InChI=1S/C12H13BrO2/c1-2-3-9-7-11(14)10-6-8(13)4-5-12(10)15-9/h4-6,9H,2-3,7H2,1H3/t9-/m1/s1. The minimum Gasteiger partial charge on any atom is -0.489 e. The average Bonchev–Trinajstić information content (AvgIpc) is 2.20. The first kappa shape index (κ1) is 10.7. The molecule has 1 aromatic rings. The van der Waals surface area contributed by atoms with Crippen LogP contribution in [0.3, 0.4) is 0 Å². The van der Waals surface area contributed by atoms with Gasteiger partial charge in [0.1, 0.15) is 11.9 Å². The van der Waals surface area contributed by atoms with Crippen molar-refractivity contribution < 1.29 is 9.53 Å². The van der Waals surface area contributed by atoms with E-state index in [0.717, 1.165) is 23.1 Å². The van der Waals surface area contributed by atoms with Crippen LogP contribution in [0.5, 0.6) is 5.75 Å². The number of ketones is 1. The molecule has 2 rings (SSSR count). The fourth-order valence-corrected chi connectivity index (χ4v) is 2.20. The van der Waals surface area contributed by atoms with E-state index in [4.69, 9.17) is 4.74 Å². The van der Waals surface area contributed by atoms with Gasteiger partial charge in [0.15, 0.2) is 5.78 Å². The summed E-state index contributed by atoms with van der Waals surface area (Å²) in [6.07, 6.45) is 2.57. The molecule has 0 bridgehead atoms. The fourth-order valence-electron chi connectivity index (χ4n) is 1.84. The maximum atomic E-state index is 11.8. The monoisotopic (exact) mass is 268 g/mol. The van der Waals surface area contributed by atoms with Crippen molar-refractivity contribution in [3.05, 3.63) is 28.2 Å². The van der Waals surface area contributed by atoms with E-state index in [2.05, 4.69) is 22.9 Å². The van der Waals surface area contributed by atoms with Gasteiger partial charge in [0.2, 0.25) is 0 Å². The number of hydrogen-bond donors (Lipinski definition) is 0.